The van der Waals surface area contributed by atoms with Gasteiger partial charge in [-0.3, -0.25) is 0 Å². The monoisotopic (exact) mass is 713 g/mol. The molecule has 0 atom stereocenters. The zero-order valence-electron chi connectivity index (χ0n) is 30.6. The Hall–Kier alpha value is -7.42. The predicted molar refractivity (Wildman–Crippen MR) is 237 cm³/mol. The quantitative estimate of drug-likeness (QED) is 0.171. The number of para-hydroxylation sites is 1. The molecule has 262 valence electrons. The van der Waals surface area contributed by atoms with Crippen LogP contribution in [-0.2, 0) is 0 Å². The summed E-state index contributed by atoms with van der Waals surface area (Å²) in [5.74, 6) is 0. The third-order valence-corrected chi connectivity index (χ3v) is 11.3. The highest BCUT2D eigenvalue weighted by Crippen LogP contribution is 2.44. The number of fused-ring (bicyclic) bond motifs is 7. The molecule has 0 aliphatic rings. The van der Waals surface area contributed by atoms with E-state index in [4.69, 9.17) is 4.42 Å². The Morgan fingerprint density at radius 1 is 0.286 bits per heavy atom. The van der Waals surface area contributed by atoms with Gasteiger partial charge in [0.1, 0.15) is 11.2 Å². The van der Waals surface area contributed by atoms with Crippen molar-refractivity contribution in [1.29, 1.82) is 0 Å². The lowest BCUT2D eigenvalue weighted by Crippen LogP contribution is -2.10. The van der Waals surface area contributed by atoms with Crippen LogP contribution in [0.3, 0.4) is 0 Å². The third kappa shape index (κ3) is 5.26. The molecule has 0 aliphatic heterocycles. The number of benzene rings is 10. The van der Waals surface area contributed by atoms with Crippen molar-refractivity contribution in [3.05, 3.63) is 212 Å². The number of hydrogen-bond donors (Lipinski definition) is 0. The minimum atomic E-state index is 0.899. The van der Waals surface area contributed by atoms with E-state index in [1.54, 1.807) is 0 Å². The molecular formula is C54H35NO. The number of furan rings is 1. The first kappa shape index (κ1) is 32.0. The van der Waals surface area contributed by atoms with Gasteiger partial charge in [-0.05, 0) is 109 Å². The number of anilines is 3. The average Bonchev–Trinajstić information content (AvgIpc) is 3.66. The van der Waals surface area contributed by atoms with Crippen LogP contribution in [0.5, 0.6) is 0 Å². The molecule has 0 unspecified atom stereocenters. The maximum Gasteiger partial charge on any atom is 0.136 e. The van der Waals surface area contributed by atoms with Gasteiger partial charge in [-0.25, -0.2) is 0 Å². The number of hydrogen-bond acceptors (Lipinski definition) is 2. The van der Waals surface area contributed by atoms with Crippen LogP contribution in [-0.4, -0.2) is 0 Å². The maximum atomic E-state index is 6.32. The lowest BCUT2D eigenvalue weighted by atomic mass is 9.91. The van der Waals surface area contributed by atoms with Crippen molar-refractivity contribution < 1.29 is 4.42 Å². The highest BCUT2D eigenvalue weighted by molar-refractivity contribution is 6.21. The summed E-state index contributed by atoms with van der Waals surface area (Å²) in [5, 5.41) is 9.60. The first-order chi connectivity index (χ1) is 27.8. The summed E-state index contributed by atoms with van der Waals surface area (Å²) in [6.07, 6.45) is 0. The molecule has 0 radical (unpaired) electrons. The maximum absolute atomic E-state index is 6.32. The Bertz CT molecular complexity index is 3220. The van der Waals surface area contributed by atoms with E-state index in [1.165, 1.54) is 60.3 Å². The van der Waals surface area contributed by atoms with Crippen molar-refractivity contribution >= 4 is 71.3 Å². The molecule has 11 aromatic rings. The smallest absolute Gasteiger partial charge is 0.136 e. The molecule has 1 heterocycles. The molecular weight excluding hydrogens is 679 g/mol. The molecule has 0 saturated heterocycles. The molecule has 11 rings (SSSR count). The Balaban J connectivity index is 1.08. The minimum Gasteiger partial charge on any atom is -0.456 e. The van der Waals surface area contributed by atoms with Gasteiger partial charge in [0.25, 0.3) is 0 Å². The van der Waals surface area contributed by atoms with Gasteiger partial charge < -0.3 is 9.32 Å². The molecule has 2 nitrogen and oxygen atoms in total. The molecule has 10 aromatic carbocycles. The predicted octanol–water partition coefficient (Wildman–Crippen LogP) is 15.5. The van der Waals surface area contributed by atoms with Crippen molar-refractivity contribution in [2.75, 3.05) is 4.90 Å². The van der Waals surface area contributed by atoms with Crippen molar-refractivity contribution in [3.63, 3.8) is 0 Å². The topological polar surface area (TPSA) is 16.4 Å². The molecule has 0 amide bonds. The highest BCUT2D eigenvalue weighted by atomic mass is 16.3. The van der Waals surface area contributed by atoms with Gasteiger partial charge in [-0.1, -0.05) is 164 Å². The highest BCUT2D eigenvalue weighted by Gasteiger charge is 2.19. The molecule has 0 fully saturated rings. The van der Waals surface area contributed by atoms with Gasteiger partial charge in [-0.2, -0.15) is 0 Å². The molecule has 0 aliphatic carbocycles. The second kappa shape index (κ2) is 13.2. The molecule has 0 saturated carbocycles. The van der Waals surface area contributed by atoms with Gasteiger partial charge >= 0.3 is 0 Å². The number of rotatable bonds is 6. The summed E-state index contributed by atoms with van der Waals surface area (Å²) in [7, 11) is 0. The molecule has 0 N–H and O–H groups in total. The van der Waals surface area contributed by atoms with Crippen LogP contribution in [0, 0.1) is 0 Å². The van der Waals surface area contributed by atoms with E-state index >= 15 is 0 Å². The fourth-order valence-corrected chi connectivity index (χ4v) is 8.68. The van der Waals surface area contributed by atoms with Crippen LogP contribution in [0.1, 0.15) is 0 Å². The van der Waals surface area contributed by atoms with Gasteiger partial charge in [0, 0.05) is 27.5 Å². The normalized spacial score (nSPS) is 11.6. The van der Waals surface area contributed by atoms with Crippen molar-refractivity contribution in [3.8, 4) is 33.4 Å². The fourth-order valence-electron chi connectivity index (χ4n) is 8.68. The van der Waals surface area contributed by atoms with E-state index in [-0.39, 0.29) is 0 Å². The summed E-state index contributed by atoms with van der Waals surface area (Å²) >= 11 is 0. The van der Waals surface area contributed by atoms with E-state index in [0.29, 0.717) is 0 Å². The molecule has 2 heteroatoms. The fraction of sp³-hybridized carbons (Fsp3) is 0. The zero-order chi connectivity index (χ0) is 37.0. The Morgan fingerprint density at radius 2 is 0.821 bits per heavy atom. The number of nitrogens with zero attached hydrogens (tertiary/aromatic N) is 1. The van der Waals surface area contributed by atoms with Crippen LogP contribution < -0.4 is 4.90 Å². The van der Waals surface area contributed by atoms with E-state index in [9.17, 15) is 0 Å². The molecule has 1 aromatic heterocycles. The van der Waals surface area contributed by atoms with Crippen LogP contribution in [0.25, 0.3) is 87.6 Å². The summed E-state index contributed by atoms with van der Waals surface area (Å²) in [6, 6.07) is 76.5. The van der Waals surface area contributed by atoms with Crippen molar-refractivity contribution in [2.45, 2.75) is 0 Å². The molecule has 56 heavy (non-hydrogen) atoms. The van der Waals surface area contributed by atoms with Gasteiger partial charge in [-0.15, -0.1) is 0 Å². The van der Waals surface area contributed by atoms with Crippen LogP contribution in [0.2, 0.25) is 0 Å². The van der Waals surface area contributed by atoms with E-state index in [1.807, 2.05) is 6.07 Å². The van der Waals surface area contributed by atoms with Crippen LogP contribution >= 0.6 is 0 Å². The van der Waals surface area contributed by atoms with Crippen molar-refractivity contribution in [2.24, 2.45) is 0 Å². The lowest BCUT2D eigenvalue weighted by molar-refractivity contribution is 0.669. The second-order valence-corrected chi connectivity index (χ2v) is 14.4. The zero-order valence-corrected chi connectivity index (χ0v) is 30.6. The third-order valence-electron chi connectivity index (χ3n) is 11.3. The summed E-state index contributed by atoms with van der Waals surface area (Å²) < 4.78 is 6.32. The summed E-state index contributed by atoms with van der Waals surface area (Å²) in [6.45, 7) is 0. The standard InChI is InChI=1S/C54H35NO/c1-2-12-37(13-3-1)45-21-9-16-40-17-10-22-46(53(40)45)39-28-32-42(33-29-39)55(41-30-26-38(27-31-41)44-20-8-15-36-14-4-5-18-43(36)44)50-24-11-23-48-47(50)34-35-52-54(48)49-19-6-7-25-51(49)56-52/h1-35H. The van der Waals surface area contributed by atoms with Crippen LogP contribution in [0.15, 0.2) is 217 Å². The average molecular weight is 714 g/mol. The first-order valence-electron chi connectivity index (χ1n) is 19.2. The SMILES string of the molecule is c1ccc(-c2cccc3cccc(-c4ccc(N(c5ccc(-c6cccc7ccccc67)cc5)c5cccc6c5ccc5oc7ccccc7c56)cc4)c23)cc1. The van der Waals surface area contributed by atoms with E-state index in [2.05, 4.69) is 211 Å². The lowest BCUT2D eigenvalue weighted by Gasteiger charge is -2.27. The molecule has 0 bridgehead atoms. The Morgan fingerprint density at radius 3 is 1.55 bits per heavy atom. The summed E-state index contributed by atoms with van der Waals surface area (Å²) in [5.41, 5.74) is 12.4. The van der Waals surface area contributed by atoms with Gasteiger partial charge in [0.2, 0.25) is 0 Å². The largest absolute Gasteiger partial charge is 0.456 e. The second-order valence-electron chi connectivity index (χ2n) is 14.4. The van der Waals surface area contributed by atoms with Gasteiger partial charge in [0.05, 0.1) is 5.69 Å². The molecule has 0 spiro atoms. The Kier molecular flexibility index (Phi) is 7.53. The van der Waals surface area contributed by atoms with Crippen molar-refractivity contribution in [1.82, 2.24) is 0 Å². The van der Waals surface area contributed by atoms with E-state index in [0.717, 1.165) is 44.4 Å². The van der Waals surface area contributed by atoms with Crippen LogP contribution in [0.4, 0.5) is 17.1 Å². The van der Waals surface area contributed by atoms with Gasteiger partial charge in [0.15, 0.2) is 0 Å². The first-order valence-corrected chi connectivity index (χ1v) is 19.2. The van der Waals surface area contributed by atoms with E-state index < -0.39 is 0 Å². The Labute approximate surface area is 325 Å². The minimum absolute atomic E-state index is 0.899. The summed E-state index contributed by atoms with van der Waals surface area (Å²) in [4.78, 5) is 2.39.